The molecule has 0 saturated carbocycles. The highest BCUT2D eigenvalue weighted by atomic mass is 32.3. The number of hydrogen-bond acceptors (Lipinski definition) is 5. The van der Waals surface area contributed by atoms with Crippen molar-refractivity contribution in [1.82, 2.24) is 8.25 Å². The number of rotatable bonds is 4. The highest BCUT2D eigenvalue weighted by Crippen LogP contribution is 2.24. The van der Waals surface area contributed by atoms with Crippen molar-refractivity contribution in [3.8, 4) is 0 Å². The highest BCUT2D eigenvalue weighted by Gasteiger charge is 2.53. The van der Waals surface area contributed by atoms with E-state index in [0.29, 0.717) is 0 Å². The molecule has 110 valence electrons. The van der Waals surface area contributed by atoms with Crippen molar-refractivity contribution in [1.29, 1.82) is 0 Å². The fraction of sp³-hybridized carbons (Fsp3) is 1.00. The minimum Gasteiger partial charge on any atom is -0.577 e. The van der Waals surface area contributed by atoms with Crippen molar-refractivity contribution >= 4 is 31.6 Å². The summed E-state index contributed by atoms with van der Waals surface area (Å²) < 4.78 is 122. The average molecular weight is 344 g/mol. The molecule has 16 heteroatoms. The van der Waals surface area contributed by atoms with Crippen LogP contribution in [0.3, 0.4) is 0 Å². The Kier molecular flexibility index (Phi) is 4.92. The lowest BCUT2D eigenvalue weighted by atomic mass is 11.6. The molecule has 18 heavy (non-hydrogen) atoms. The van der Waals surface area contributed by atoms with Gasteiger partial charge in [0.25, 0.3) is 0 Å². The lowest BCUT2D eigenvalue weighted by molar-refractivity contribution is -0.0443. The van der Waals surface area contributed by atoms with Gasteiger partial charge in [-0.05, 0) is 8.25 Å². The lowest BCUT2D eigenvalue weighted by Gasteiger charge is -2.13. The van der Waals surface area contributed by atoms with Crippen molar-refractivity contribution in [3.05, 3.63) is 0 Å². The number of halogens is 6. The van der Waals surface area contributed by atoms with E-state index in [9.17, 15) is 47.7 Å². The first-order valence-corrected chi connectivity index (χ1v) is 7.31. The van der Waals surface area contributed by atoms with Gasteiger partial charge in [0.05, 0.1) is 0 Å². The van der Waals surface area contributed by atoms with Crippen molar-refractivity contribution in [2.75, 3.05) is 0 Å². The molecule has 0 radical (unpaired) electrons. The normalized spacial score (nSPS) is 15.1. The van der Waals surface area contributed by atoms with Gasteiger partial charge >= 0.3 is 31.1 Å². The summed E-state index contributed by atoms with van der Waals surface area (Å²) in [6.45, 7) is 0. The van der Waals surface area contributed by atoms with Crippen LogP contribution in [0.1, 0.15) is 0 Å². The summed E-state index contributed by atoms with van der Waals surface area (Å²) >= 11 is -3.87. The Bertz CT molecular complexity index is 444. The van der Waals surface area contributed by atoms with Gasteiger partial charge in [-0.15, -0.1) is 0 Å². The number of hydrogen-bond donors (Lipinski definition) is 2. The van der Waals surface area contributed by atoms with E-state index >= 15 is 0 Å². The van der Waals surface area contributed by atoms with Crippen LogP contribution in [0.2, 0.25) is 0 Å². The lowest BCUT2D eigenvalue weighted by Crippen LogP contribution is -2.50. The zero-order chi connectivity index (χ0) is 15.0. The molecule has 0 aromatic heterocycles. The third-order valence-electron chi connectivity index (χ3n) is 0.980. The van der Waals surface area contributed by atoms with E-state index in [0.717, 1.165) is 0 Å². The Morgan fingerprint density at radius 2 is 1.00 bits per heavy atom. The molecule has 7 nitrogen and oxygen atoms in total. The molecule has 0 spiro atoms. The molecular formula is C2H2F6N2O5S3. The highest BCUT2D eigenvalue weighted by molar-refractivity contribution is 8.10. The summed E-state index contributed by atoms with van der Waals surface area (Å²) in [7, 11) is -12.5. The molecular weight excluding hydrogens is 342 g/mol. The predicted molar refractivity (Wildman–Crippen MR) is 44.4 cm³/mol. The summed E-state index contributed by atoms with van der Waals surface area (Å²) in [5, 5.41) is 0. The van der Waals surface area contributed by atoms with Gasteiger partial charge in [0.2, 0.25) is 0 Å². The Labute approximate surface area is 99.1 Å². The summed E-state index contributed by atoms with van der Waals surface area (Å²) in [5.41, 5.74) is -11.9. The SMILES string of the molecule is O=S(=O)(N[S+]([O-])NS(=O)(=O)C(F)(F)F)C(F)(F)F. The quantitative estimate of drug-likeness (QED) is 0.524. The largest absolute Gasteiger partial charge is 0.577 e. The molecule has 0 bridgehead atoms. The van der Waals surface area contributed by atoms with Crippen molar-refractivity contribution in [3.63, 3.8) is 0 Å². The van der Waals surface area contributed by atoms with Crippen LogP contribution < -0.4 is 8.25 Å². The maximum Gasteiger partial charge on any atom is 0.515 e. The van der Waals surface area contributed by atoms with Gasteiger partial charge in [-0.3, -0.25) is 0 Å². The van der Waals surface area contributed by atoms with Crippen molar-refractivity contribution < 1.29 is 47.7 Å². The third-order valence-corrected chi connectivity index (χ3v) is 5.17. The summed E-state index contributed by atoms with van der Waals surface area (Å²) in [6, 6.07) is 0. The molecule has 0 atom stereocenters. The van der Waals surface area contributed by atoms with E-state index in [1.54, 1.807) is 0 Å². The predicted octanol–water partition coefficient (Wildman–Crippen LogP) is -0.556. The maximum atomic E-state index is 11.7. The Morgan fingerprint density at radius 1 is 0.778 bits per heavy atom. The van der Waals surface area contributed by atoms with Crippen LogP contribution in [-0.2, 0) is 31.6 Å². The van der Waals surface area contributed by atoms with Crippen LogP contribution in [0.4, 0.5) is 26.3 Å². The van der Waals surface area contributed by atoms with Crippen LogP contribution in [0.15, 0.2) is 0 Å². The molecule has 0 amide bonds. The smallest absolute Gasteiger partial charge is 0.515 e. The first-order chi connectivity index (χ1) is 7.60. The van der Waals surface area contributed by atoms with Gasteiger partial charge in [0.15, 0.2) is 11.5 Å². The number of sulfonamides is 2. The Morgan fingerprint density at radius 3 is 1.17 bits per heavy atom. The standard InChI is InChI=1S/C2H2F6N2O5S3/c3-1(4,5)17(12,13)9-16(11)10-18(14,15)2(6,7)8/h9-10H. The molecule has 0 heterocycles. The molecule has 0 aromatic rings. The minimum atomic E-state index is -6.26. The molecule has 0 aromatic carbocycles. The molecule has 0 fully saturated rings. The van der Waals surface area contributed by atoms with Crippen molar-refractivity contribution in [2.45, 2.75) is 11.0 Å². The van der Waals surface area contributed by atoms with Gasteiger partial charge in [-0.25, -0.2) is 0 Å². The van der Waals surface area contributed by atoms with Crippen LogP contribution in [-0.4, -0.2) is 32.4 Å². The van der Waals surface area contributed by atoms with E-state index in [1.165, 1.54) is 0 Å². The average Bonchev–Trinajstić information content (AvgIpc) is 1.95. The minimum absolute atomic E-state index is 0.154. The van der Waals surface area contributed by atoms with Crippen LogP contribution in [0, 0.1) is 0 Å². The maximum absolute atomic E-state index is 11.7. The summed E-state index contributed by atoms with van der Waals surface area (Å²) in [6.07, 6.45) is 0. The molecule has 0 unspecified atom stereocenters. The zero-order valence-corrected chi connectivity index (χ0v) is 9.98. The molecule has 0 aliphatic carbocycles. The van der Waals surface area contributed by atoms with Gasteiger partial charge in [-0.1, -0.05) is 0 Å². The van der Waals surface area contributed by atoms with E-state index in [-0.39, 0.29) is 8.25 Å². The van der Waals surface area contributed by atoms with Gasteiger partial charge in [0.1, 0.15) is 0 Å². The van der Waals surface area contributed by atoms with Gasteiger partial charge in [0, 0.05) is 0 Å². The second-order valence-corrected chi connectivity index (χ2v) is 7.14. The van der Waals surface area contributed by atoms with Gasteiger partial charge < -0.3 is 4.55 Å². The first kappa shape index (κ1) is 17.7. The van der Waals surface area contributed by atoms with Gasteiger partial charge in [-0.2, -0.15) is 43.2 Å². The monoisotopic (exact) mass is 344 g/mol. The zero-order valence-electron chi connectivity index (χ0n) is 7.53. The Balaban J connectivity index is 4.92. The number of alkyl halides is 6. The van der Waals surface area contributed by atoms with E-state index < -0.39 is 42.6 Å². The van der Waals surface area contributed by atoms with Crippen LogP contribution >= 0.6 is 0 Å². The number of nitrogens with one attached hydrogen (secondary N) is 2. The van der Waals surface area contributed by atoms with E-state index in [2.05, 4.69) is 0 Å². The fourth-order valence-corrected chi connectivity index (χ4v) is 3.10. The second kappa shape index (κ2) is 5.00. The molecule has 2 N–H and O–H groups in total. The van der Waals surface area contributed by atoms with Crippen LogP contribution in [0.25, 0.3) is 0 Å². The summed E-state index contributed by atoms with van der Waals surface area (Å²) in [4.78, 5) is 0. The second-order valence-electron chi connectivity index (χ2n) is 2.33. The van der Waals surface area contributed by atoms with Crippen molar-refractivity contribution in [2.24, 2.45) is 0 Å². The van der Waals surface area contributed by atoms with E-state index in [1.807, 2.05) is 0 Å². The van der Waals surface area contributed by atoms with Crippen LogP contribution in [0.5, 0.6) is 0 Å². The first-order valence-electron chi connectivity index (χ1n) is 3.19. The fourth-order valence-electron chi connectivity index (χ4n) is 0.311. The summed E-state index contributed by atoms with van der Waals surface area (Å²) in [5.74, 6) is 0. The van der Waals surface area contributed by atoms with E-state index in [4.69, 9.17) is 0 Å². The third kappa shape index (κ3) is 4.43. The topological polar surface area (TPSA) is 115 Å². The molecule has 0 aliphatic heterocycles. The molecule has 0 saturated heterocycles. The molecule has 0 aliphatic rings. The Hall–Kier alpha value is -0.290. The molecule has 0 rings (SSSR count).